The van der Waals surface area contributed by atoms with E-state index in [1.54, 1.807) is 0 Å². The van der Waals surface area contributed by atoms with E-state index in [-0.39, 0.29) is 18.4 Å². The monoisotopic (exact) mass is 375 g/mol. The Bertz CT molecular complexity index is 635. The maximum Gasteiger partial charge on any atom is 0.191 e. The summed E-state index contributed by atoms with van der Waals surface area (Å²) in [4.78, 5) is 4.42. The molecule has 0 fully saturated rings. The Morgan fingerprint density at radius 2 is 2.12 bits per heavy atom. The van der Waals surface area contributed by atoms with E-state index in [0.29, 0.717) is 24.1 Å². The lowest BCUT2D eigenvalue weighted by atomic mass is 10.1. The highest BCUT2D eigenvalue weighted by Crippen LogP contribution is 2.17. The molecule has 0 amide bonds. The standard InChI is InChI=1S/C16H26ClN3O3S/c1-4-18-16(19-8-9-23-10-11-24(3,21)22)20-13(2)14-6-5-7-15(17)12-14/h5-7,12-13H,4,8-11H2,1-3H3,(H2,18,19,20). The van der Waals surface area contributed by atoms with E-state index >= 15 is 0 Å². The lowest BCUT2D eigenvalue weighted by molar-refractivity contribution is 0.157. The molecule has 0 saturated carbocycles. The number of rotatable bonds is 9. The molecule has 1 unspecified atom stereocenters. The van der Waals surface area contributed by atoms with Gasteiger partial charge in [0.05, 0.1) is 31.6 Å². The van der Waals surface area contributed by atoms with Crippen molar-refractivity contribution < 1.29 is 13.2 Å². The van der Waals surface area contributed by atoms with Crippen LogP contribution in [0.2, 0.25) is 5.02 Å². The lowest BCUT2D eigenvalue weighted by Crippen LogP contribution is -2.39. The molecule has 0 radical (unpaired) electrons. The minimum atomic E-state index is -2.98. The van der Waals surface area contributed by atoms with E-state index in [9.17, 15) is 8.42 Å². The molecule has 0 aliphatic carbocycles. The molecule has 0 aromatic heterocycles. The summed E-state index contributed by atoms with van der Waals surface area (Å²) in [5, 5.41) is 7.17. The Kier molecular flexibility index (Phi) is 9.10. The van der Waals surface area contributed by atoms with Gasteiger partial charge in [0.1, 0.15) is 9.84 Å². The molecule has 24 heavy (non-hydrogen) atoms. The summed E-state index contributed by atoms with van der Waals surface area (Å²) >= 11 is 6.02. The highest BCUT2D eigenvalue weighted by atomic mass is 35.5. The van der Waals surface area contributed by atoms with Crippen LogP contribution in [0.1, 0.15) is 25.5 Å². The predicted molar refractivity (Wildman–Crippen MR) is 99.5 cm³/mol. The van der Waals surface area contributed by atoms with Crippen LogP contribution >= 0.6 is 11.6 Å². The van der Waals surface area contributed by atoms with Gasteiger partial charge >= 0.3 is 0 Å². The van der Waals surface area contributed by atoms with Crippen molar-refractivity contribution >= 4 is 27.4 Å². The smallest absolute Gasteiger partial charge is 0.191 e. The fourth-order valence-electron chi connectivity index (χ4n) is 1.92. The zero-order valence-corrected chi connectivity index (χ0v) is 16.0. The molecule has 1 rings (SSSR count). The molecule has 0 bridgehead atoms. The topological polar surface area (TPSA) is 79.8 Å². The first-order valence-corrected chi connectivity index (χ1v) is 10.3. The van der Waals surface area contributed by atoms with Gasteiger partial charge in [-0.2, -0.15) is 0 Å². The van der Waals surface area contributed by atoms with Crippen molar-refractivity contribution in [3.63, 3.8) is 0 Å². The fraction of sp³-hybridized carbons (Fsp3) is 0.562. The Hall–Kier alpha value is -1.31. The van der Waals surface area contributed by atoms with Crippen LogP contribution in [-0.4, -0.2) is 52.7 Å². The van der Waals surface area contributed by atoms with Crippen LogP contribution in [0.5, 0.6) is 0 Å². The molecule has 6 nitrogen and oxygen atoms in total. The first-order chi connectivity index (χ1) is 11.3. The van der Waals surface area contributed by atoms with Gasteiger partial charge in [0, 0.05) is 17.8 Å². The number of benzene rings is 1. The second-order valence-electron chi connectivity index (χ2n) is 5.42. The third kappa shape index (κ3) is 9.10. The molecule has 0 spiro atoms. The molecule has 1 aromatic carbocycles. The zero-order chi connectivity index (χ0) is 18.0. The lowest BCUT2D eigenvalue weighted by Gasteiger charge is -2.18. The van der Waals surface area contributed by atoms with Crippen LogP contribution in [0.4, 0.5) is 0 Å². The summed E-state index contributed by atoms with van der Waals surface area (Å²) < 4.78 is 27.3. The molecule has 8 heteroatoms. The summed E-state index contributed by atoms with van der Waals surface area (Å²) in [7, 11) is -2.98. The molecule has 0 aliphatic heterocycles. The van der Waals surface area contributed by atoms with Gasteiger partial charge in [0.2, 0.25) is 0 Å². The minimum Gasteiger partial charge on any atom is -0.378 e. The Morgan fingerprint density at radius 3 is 2.75 bits per heavy atom. The number of hydrogen-bond donors (Lipinski definition) is 2. The number of aliphatic imine (C=N–C) groups is 1. The molecular weight excluding hydrogens is 350 g/mol. The van der Waals surface area contributed by atoms with Crippen LogP contribution in [0, 0.1) is 0 Å². The van der Waals surface area contributed by atoms with E-state index in [1.165, 1.54) is 6.26 Å². The summed E-state index contributed by atoms with van der Waals surface area (Å²) in [5.74, 6) is 0.706. The van der Waals surface area contributed by atoms with Crippen LogP contribution in [0.25, 0.3) is 0 Å². The van der Waals surface area contributed by atoms with Gasteiger partial charge in [0.25, 0.3) is 0 Å². The van der Waals surface area contributed by atoms with Gasteiger partial charge in [-0.1, -0.05) is 23.7 Å². The van der Waals surface area contributed by atoms with Gasteiger partial charge in [-0.05, 0) is 31.5 Å². The minimum absolute atomic E-state index is 0.0286. The third-order valence-electron chi connectivity index (χ3n) is 3.15. The van der Waals surface area contributed by atoms with E-state index in [1.807, 2.05) is 38.1 Å². The van der Waals surface area contributed by atoms with Crippen molar-refractivity contribution in [2.75, 3.05) is 38.3 Å². The van der Waals surface area contributed by atoms with Crippen molar-refractivity contribution in [3.8, 4) is 0 Å². The second kappa shape index (κ2) is 10.5. The highest BCUT2D eigenvalue weighted by Gasteiger charge is 2.08. The van der Waals surface area contributed by atoms with Gasteiger partial charge < -0.3 is 15.4 Å². The molecule has 0 aliphatic rings. The number of guanidine groups is 1. The number of halogens is 1. The summed E-state index contributed by atoms with van der Waals surface area (Å²) in [5.41, 5.74) is 1.07. The van der Waals surface area contributed by atoms with E-state index in [4.69, 9.17) is 16.3 Å². The number of nitrogens with zero attached hydrogens (tertiary/aromatic N) is 1. The van der Waals surface area contributed by atoms with Crippen molar-refractivity contribution in [1.82, 2.24) is 10.6 Å². The normalized spacial score (nSPS) is 13.6. The molecule has 0 saturated heterocycles. The quantitative estimate of drug-likeness (QED) is 0.392. The molecular formula is C16H26ClN3O3S. The van der Waals surface area contributed by atoms with Gasteiger partial charge in [-0.25, -0.2) is 8.42 Å². The zero-order valence-electron chi connectivity index (χ0n) is 14.4. The average molecular weight is 376 g/mol. The van der Waals surface area contributed by atoms with Crippen LogP contribution in [0.15, 0.2) is 29.3 Å². The number of nitrogens with one attached hydrogen (secondary N) is 2. The molecule has 2 N–H and O–H groups in total. The van der Waals surface area contributed by atoms with Crippen LogP contribution in [0.3, 0.4) is 0 Å². The van der Waals surface area contributed by atoms with Gasteiger partial charge in [0.15, 0.2) is 5.96 Å². The van der Waals surface area contributed by atoms with Crippen molar-refractivity contribution in [1.29, 1.82) is 0 Å². The predicted octanol–water partition coefficient (Wildman–Crippen LogP) is 2.02. The first kappa shape index (κ1) is 20.7. The highest BCUT2D eigenvalue weighted by molar-refractivity contribution is 7.90. The first-order valence-electron chi connectivity index (χ1n) is 7.87. The summed E-state index contributed by atoms with van der Waals surface area (Å²) in [6.07, 6.45) is 1.19. The van der Waals surface area contributed by atoms with E-state index in [2.05, 4.69) is 15.6 Å². The van der Waals surface area contributed by atoms with Gasteiger partial charge in [-0.15, -0.1) is 0 Å². The number of sulfone groups is 1. The molecule has 1 aromatic rings. The fourth-order valence-corrected chi connectivity index (χ4v) is 2.54. The van der Waals surface area contributed by atoms with E-state index < -0.39 is 9.84 Å². The Morgan fingerprint density at radius 1 is 1.38 bits per heavy atom. The maximum atomic E-state index is 11.0. The molecule has 1 atom stereocenters. The maximum absolute atomic E-state index is 11.0. The SMILES string of the molecule is CCNC(=NCCOCCS(C)(=O)=O)NC(C)c1cccc(Cl)c1. The largest absolute Gasteiger partial charge is 0.378 e. The average Bonchev–Trinajstić information content (AvgIpc) is 2.49. The third-order valence-corrected chi connectivity index (χ3v) is 4.29. The Labute approximate surface area is 149 Å². The summed E-state index contributed by atoms with van der Waals surface area (Å²) in [6.45, 7) is 5.77. The van der Waals surface area contributed by atoms with Crippen molar-refractivity contribution in [3.05, 3.63) is 34.9 Å². The van der Waals surface area contributed by atoms with Crippen molar-refractivity contribution in [2.45, 2.75) is 19.9 Å². The number of hydrogen-bond acceptors (Lipinski definition) is 4. The summed E-state index contributed by atoms with van der Waals surface area (Å²) in [6, 6.07) is 7.71. The van der Waals surface area contributed by atoms with Crippen molar-refractivity contribution in [2.24, 2.45) is 4.99 Å². The second-order valence-corrected chi connectivity index (χ2v) is 8.12. The molecule has 136 valence electrons. The number of ether oxygens (including phenoxy) is 1. The van der Waals surface area contributed by atoms with Crippen LogP contribution in [-0.2, 0) is 14.6 Å². The van der Waals surface area contributed by atoms with Crippen LogP contribution < -0.4 is 10.6 Å². The Balaban J connectivity index is 2.47. The van der Waals surface area contributed by atoms with E-state index in [0.717, 1.165) is 12.1 Å². The van der Waals surface area contributed by atoms with Gasteiger partial charge in [-0.3, -0.25) is 4.99 Å². The molecule has 0 heterocycles.